The van der Waals surface area contributed by atoms with Crippen LogP contribution in [0.25, 0.3) is 0 Å². The van der Waals surface area contributed by atoms with Crippen molar-refractivity contribution in [2.24, 2.45) is 5.92 Å². The second kappa shape index (κ2) is 17.1. The average Bonchev–Trinajstić information content (AvgIpc) is 2.65. The standard InChI is InChI=1S/C20H30N2O4/c1-4-14-21-19(23)25-16-10-7-8-12-18(6-3)13-9-11-17-26-20(24)22-15-5-2/h4-7,9-11,18H,1-3,8,12-17H2,(H,21,23)(H,22,24)/b10-7+,11-9+. The predicted octanol–water partition coefficient (Wildman–Crippen LogP) is 3.90. The lowest BCUT2D eigenvalue weighted by atomic mass is 9.99. The summed E-state index contributed by atoms with van der Waals surface area (Å²) in [6, 6.07) is 0. The fraction of sp³-hybridized carbons (Fsp3) is 0.400. The zero-order valence-corrected chi connectivity index (χ0v) is 15.3. The van der Waals surface area contributed by atoms with Crippen LogP contribution in [-0.2, 0) is 9.47 Å². The van der Waals surface area contributed by atoms with E-state index in [1.54, 1.807) is 12.2 Å². The molecule has 1 atom stereocenters. The van der Waals surface area contributed by atoms with E-state index < -0.39 is 12.2 Å². The molecule has 0 aromatic rings. The molecule has 0 rings (SSSR count). The second-order valence-electron chi connectivity index (χ2n) is 5.29. The molecule has 0 aliphatic carbocycles. The van der Waals surface area contributed by atoms with E-state index in [9.17, 15) is 9.59 Å². The number of nitrogens with one attached hydrogen (secondary N) is 2. The van der Waals surface area contributed by atoms with Crippen molar-refractivity contribution >= 4 is 12.2 Å². The van der Waals surface area contributed by atoms with Gasteiger partial charge in [0.2, 0.25) is 0 Å². The Hall–Kier alpha value is -2.76. The van der Waals surface area contributed by atoms with Crippen LogP contribution < -0.4 is 10.6 Å². The average molecular weight is 362 g/mol. The molecule has 0 aliphatic rings. The first-order valence-electron chi connectivity index (χ1n) is 8.59. The van der Waals surface area contributed by atoms with E-state index >= 15 is 0 Å². The second-order valence-corrected chi connectivity index (χ2v) is 5.29. The Morgan fingerprint density at radius 2 is 1.38 bits per heavy atom. The summed E-state index contributed by atoms with van der Waals surface area (Å²) in [6.45, 7) is 12.1. The van der Waals surface area contributed by atoms with Crippen LogP contribution in [0.4, 0.5) is 9.59 Å². The Balaban J connectivity index is 3.80. The van der Waals surface area contributed by atoms with Gasteiger partial charge in [0, 0.05) is 13.1 Å². The van der Waals surface area contributed by atoms with Gasteiger partial charge < -0.3 is 20.1 Å². The molecule has 0 radical (unpaired) electrons. The van der Waals surface area contributed by atoms with Crippen LogP contribution in [0.2, 0.25) is 0 Å². The molecular formula is C20H30N2O4. The molecule has 26 heavy (non-hydrogen) atoms. The monoisotopic (exact) mass is 362 g/mol. The quantitative estimate of drug-likeness (QED) is 0.460. The first kappa shape index (κ1) is 23.2. The van der Waals surface area contributed by atoms with E-state index in [0.29, 0.717) is 19.0 Å². The normalized spacial score (nSPS) is 11.7. The van der Waals surface area contributed by atoms with Crippen molar-refractivity contribution in [1.82, 2.24) is 10.6 Å². The topological polar surface area (TPSA) is 76.7 Å². The third-order valence-corrected chi connectivity index (χ3v) is 3.21. The zero-order valence-electron chi connectivity index (χ0n) is 15.3. The highest BCUT2D eigenvalue weighted by atomic mass is 16.6. The highest BCUT2D eigenvalue weighted by Gasteiger charge is 2.01. The molecule has 144 valence electrons. The van der Waals surface area contributed by atoms with Gasteiger partial charge in [-0.15, -0.1) is 19.7 Å². The van der Waals surface area contributed by atoms with Gasteiger partial charge in [0.25, 0.3) is 0 Å². The molecule has 0 fully saturated rings. The molecule has 0 heterocycles. The summed E-state index contributed by atoms with van der Waals surface area (Å²) in [4.78, 5) is 22.4. The highest BCUT2D eigenvalue weighted by molar-refractivity contribution is 5.67. The first-order valence-corrected chi connectivity index (χ1v) is 8.59. The van der Waals surface area contributed by atoms with E-state index in [2.05, 4.69) is 30.4 Å². The molecule has 1 unspecified atom stereocenters. The van der Waals surface area contributed by atoms with Crippen LogP contribution in [0, 0.1) is 5.92 Å². The van der Waals surface area contributed by atoms with Crippen molar-refractivity contribution in [3.05, 3.63) is 62.3 Å². The van der Waals surface area contributed by atoms with Gasteiger partial charge in [-0.05, 0) is 25.2 Å². The van der Waals surface area contributed by atoms with Crippen molar-refractivity contribution in [3.63, 3.8) is 0 Å². The van der Waals surface area contributed by atoms with Gasteiger partial charge in [-0.2, -0.15) is 0 Å². The molecule has 0 aromatic carbocycles. The maximum atomic E-state index is 11.2. The Morgan fingerprint density at radius 3 is 1.88 bits per heavy atom. The number of rotatable bonds is 14. The van der Waals surface area contributed by atoms with E-state index in [1.165, 1.54) is 0 Å². The molecule has 0 saturated heterocycles. The number of ether oxygens (including phenoxy) is 2. The zero-order chi connectivity index (χ0) is 19.5. The highest BCUT2D eigenvalue weighted by Crippen LogP contribution is 2.13. The Labute approximate surface area is 156 Å². The van der Waals surface area contributed by atoms with Gasteiger partial charge in [0.05, 0.1) is 0 Å². The van der Waals surface area contributed by atoms with Gasteiger partial charge in [0.1, 0.15) is 13.2 Å². The van der Waals surface area contributed by atoms with E-state index in [0.717, 1.165) is 19.3 Å². The van der Waals surface area contributed by atoms with Crippen molar-refractivity contribution in [1.29, 1.82) is 0 Å². The Bertz CT molecular complexity index is 498. The van der Waals surface area contributed by atoms with Crippen molar-refractivity contribution < 1.29 is 19.1 Å². The number of allylic oxidation sites excluding steroid dienone is 3. The van der Waals surface area contributed by atoms with Crippen molar-refractivity contribution in [2.45, 2.75) is 19.3 Å². The number of amides is 2. The largest absolute Gasteiger partial charge is 0.445 e. The number of hydrogen-bond acceptors (Lipinski definition) is 4. The lowest BCUT2D eigenvalue weighted by Crippen LogP contribution is -2.24. The summed E-state index contributed by atoms with van der Waals surface area (Å²) in [5, 5.41) is 5.06. The molecule has 2 N–H and O–H groups in total. The summed E-state index contributed by atoms with van der Waals surface area (Å²) in [5.74, 6) is 0.335. The Morgan fingerprint density at radius 1 is 0.846 bits per heavy atom. The molecule has 6 nitrogen and oxygen atoms in total. The van der Waals surface area contributed by atoms with Crippen molar-refractivity contribution in [3.8, 4) is 0 Å². The third-order valence-electron chi connectivity index (χ3n) is 3.21. The van der Waals surface area contributed by atoms with Gasteiger partial charge in [-0.25, -0.2) is 9.59 Å². The number of carbonyl (C=O) groups is 2. The number of alkyl carbamates (subject to hydrolysis) is 2. The lowest BCUT2D eigenvalue weighted by Gasteiger charge is -2.08. The molecule has 0 aliphatic heterocycles. The summed E-state index contributed by atoms with van der Waals surface area (Å²) in [5.41, 5.74) is 0. The third kappa shape index (κ3) is 14.8. The van der Waals surface area contributed by atoms with Crippen LogP contribution in [0.3, 0.4) is 0 Å². The van der Waals surface area contributed by atoms with Gasteiger partial charge in [-0.3, -0.25) is 0 Å². The van der Waals surface area contributed by atoms with Crippen LogP contribution >= 0.6 is 0 Å². The predicted molar refractivity (Wildman–Crippen MR) is 105 cm³/mol. The molecule has 0 spiro atoms. The van der Waals surface area contributed by atoms with Gasteiger partial charge in [-0.1, -0.05) is 42.5 Å². The lowest BCUT2D eigenvalue weighted by molar-refractivity contribution is 0.158. The molecule has 6 heteroatoms. The summed E-state index contributed by atoms with van der Waals surface area (Å²) < 4.78 is 9.90. The smallest absolute Gasteiger partial charge is 0.407 e. The summed E-state index contributed by atoms with van der Waals surface area (Å²) in [7, 11) is 0. The number of hydrogen-bond donors (Lipinski definition) is 2. The van der Waals surface area contributed by atoms with Gasteiger partial charge >= 0.3 is 12.2 Å². The SMILES string of the molecule is C=CCNC(=O)OC/C=C/CCC(C=C)C/C=C/COC(=O)NCC=C. The van der Waals surface area contributed by atoms with Crippen LogP contribution in [0.15, 0.2) is 62.3 Å². The van der Waals surface area contributed by atoms with Crippen LogP contribution in [-0.4, -0.2) is 38.5 Å². The fourth-order valence-electron chi connectivity index (χ4n) is 1.83. The maximum Gasteiger partial charge on any atom is 0.407 e. The molecule has 0 saturated carbocycles. The van der Waals surface area contributed by atoms with Crippen LogP contribution in [0.5, 0.6) is 0 Å². The molecule has 2 amide bonds. The first-order chi connectivity index (χ1) is 12.6. The molecule has 0 aromatic heterocycles. The minimum absolute atomic E-state index is 0.234. The summed E-state index contributed by atoms with van der Waals surface area (Å²) >= 11 is 0. The minimum atomic E-state index is -0.458. The van der Waals surface area contributed by atoms with Crippen LogP contribution in [0.1, 0.15) is 19.3 Å². The Kier molecular flexibility index (Phi) is 15.3. The van der Waals surface area contributed by atoms with Gasteiger partial charge in [0.15, 0.2) is 0 Å². The molecular weight excluding hydrogens is 332 g/mol. The maximum absolute atomic E-state index is 11.2. The fourth-order valence-corrected chi connectivity index (χ4v) is 1.83. The van der Waals surface area contributed by atoms with E-state index in [4.69, 9.17) is 9.47 Å². The molecule has 0 bridgehead atoms. The summed E-state index contributed by atoms with van der Waals surface area (Å²) in [6.07, 6.45) is 14.4. The minimum Gasteiger partial charge on any atom is -0.445 e. The van der Waals surface area contributed by atoms with Crippen molar-refractivity contribution in [2.75, 3.05) is 26.3 Å². The van der Waals surface area contributed by atoms with E-state index in [-0.39, 0.29) is 13.2 Å². The number of carbonyl (C=O) groups excluding carboxylic acids is 2. The van der Waals surface area contributed by atoms with E-state index in [1.807, 2.05) is 30.4 Å².